The summed E-state index contributed by atoms with van der Waals surface area (Å²) >= 11 is 0. The van der Waals surface area contributed by atoms with Gasteiger partial charge in [-0.15, -0.1) is 0 Å². The van der Waals surface area contributed by atoms with E-state index in [2.05, 4.69) is 41.5 Å². The van der Waals surface area contributed by atoms with Crippen molar-refractivity contribution in [3.63, 3.8) is 0 Å². The summed E-state index contributed by atoms with van der Waals surface area (Å²) in [6, 6.07) is 15.5. The van der Waals surface area contributed by atoms with Crippen LogP contribution in [-0.4, -0.2) is 54.6 Å². The van der Waals surface area contributed by atoms with E-state index in [1.807, 2.05) is 25.1 Å². The summed E-state index contributed by atoms with van der Waals surface area (Å²) in [4.78, 5) is 28.2. The molecule has 0 unspecified atom stereocenters. The number of carbonyl (C=O) groups excluding carboxylic acids is 2. The Morgan fingerprint density at radius 2 is 1.81 bits per heavy atom. The summed E-state index contributed by atoms with van der Waals surface area (Å²) in [6.07, 6.45) is 3.10. The van der Waals surface area contributed by atoms with E-state index in [4.69, 9.17) is 0 Å². The molecule has 2 aromatic carbocycles. The summed E-state index contributed by atoms with van der Waals surface area (Å²) < 4.78 is 27.5. The molecule has 2 aromatic rings. The van der Waals surface area contributed by atoms with Gasteiger partial charge in [-0.05, 0) is 36.5 Å². The molecule has 192 valence electrons. The molecule has 2 aliphatic heterocycles. The number of hydrogen-bond donors (Lipinski definition) is 2. The Hall–Kier alpha value is -3.17. The fraction of sp³-hybridized carbons (Fsp3) is 0.407. The van der Waals surface area contributed by atoms with E-state index in [1.165, 1.54) is 30.1 Å². The predicted octanol–water partition coefficient (Wildman–Crippen LogP) is 2.76. The zero-order valence-corrected chi connectivity index (χ0v) is 21.8. The molecule has 2 heterocycles. The molecule has 2 aliphatic rings. The Bertz CT molecular complexity index is 1230. The van der Waals surface area contributed by atoms with Gasteiger partial charge in [0.1, 0.15) is 6.04 Å². The maximum Gasteiger partial charge on any atom is 0.264 e. The maximum absolute atomic E-state index is 13.3. The number of aryl methyl sites for hydroxylation is 1. The topological polar surface area (TPSA) is 98.8 Å². The van der Waals surface area contributed by atoms with Gasteiger partial charge in [0.05, 0.1) is 11.3 Å². The van der Waals surface area contributed by atoms with Gasteiger partial charge in [-0.25, -0.2) is 8.42 Å². The fourth-order valence-corrected chi connectivity index (χ4v) is 6.36. The lowest BCUT2D eigenvalue weighted by Crippen LogP contribution is -2.57. The van der Waals surface area contributed by atoms with Crippen molar-refractivity contribution in [2.75, 3.05) is 13.1 Å². The summed E-state index contributed by atoms with van der Waals surface area (Å²) in [5.74, 6) is -0.871. The van der Waals surface area contributed by atoms with Gasteiger partial charge in [-0.2, -0.15) is 0 Å². The van der Waals surface area contributed by atoms with Crippen molar-refractivity contribution in [1.82, 2.24) is 19.8 Å². The van der Waals surface area contributed by atoms with Crippen LogP contribution in [0.1, 0.15) is 37.8 Å². The first kappa shape index (κ1) is 25.9. The van der Waals surface area contributed by atoms with Gasteiger partial charge in [0.25, 0.3) is 10.0 Å². The number of amides is 2. The Morgan fingerprint density at radius 3 is 2.47 bits per heavy atom. The summed E-state index contributed by atoms with van der Waals surface area (Å²) in [6.45, 7) is 8.62. The van der Waals surface area contributed by atoms with E-state index in [-0.39, 0.29) is 28.7 Å². The summed E-state index contributed by atoms with van der Waals surface area (Å²) in [7, 11) is -4.00. The molecule has 1 fully saturated rings. The van der Waals surface area contributed by atoms with Crippen LogP contribution in [0.25, 0.3) is 0 Å². The van der Waals surface area contributed by atoms with Gasteiger partial charge in [-0.3, -0.25) is 18.8 Å². The minimum Gasteiger partial charge on any atom is -0.353 e. The zero-order chi connectivity index (χ0) is 25.9. The number of nitrogens with zero attached hydrogens (tertiary/aromatic N) is 2. The molecule has 0 aromatic heterocycles. The van der Waals surface area contributed by atoms with Crippen LogP contribution in [0.3, 0.4) is 0 Å². The normalized spacial score (nSPS) is 22.2. The van der Waals surface area contributed by atoms with Crippen LogP contribution in [0.15, 0.2) is 71.9 Å². The van der Waals surface area contributed by atoms with Gasteiger partial charge >= 0.3 is 0 Å². The fourth-order valence-electron chi connectivity index (χ4n) is 4.91. The van der Waals surface area contributed by atoms with E-state index in [0.717, 1.165) is 35.9 Å². The Labute approximate surface area is 213 Å². The van der Waals surface area contributed by atoms with Crippen molar-refractivity contribution in [1.29, 1.82) is 0 Å². The minimum absolute atomic E-state index is 0.0739. The molecule has 0 saturated carbocycles. The minimum atomic E-state index is -4.00. The van der Waals surface area contributed by atoms with Crippen LogP contribution in [0, 0.1) is 12.3 Å². The maximum atomic E-state index is 13.3. The molecule has 8 nitrogen and oxygen atoms in total. The van der Waals surface area contributed by atoms with Gasteiger partial charge in [0, 0.05) is 38.1 Å². The largest absolute Gasteiger partial charge is 0.353 e. The molecule has 9 heteroatoms. The van der Waals surface area contributed by atoms with E-state index >= 15 is 0 Å². The van der Waals surface area contributed by atoms with Crippen LogP contribution in [0.2, 0.25) is 0 Å². The third kappa shape index (κ3) is 5.79. The van der Waals surface area contributed by atoms with E-state index in [9.17, 15) is 18.0 Å². The predicted molar refractivity (Wildman–Crippen MR) is 138 cm³/mol. The zero-order valence-electron chi connectivity index (χ0n) is 21.0. The second kappa shape index (κ2) is 10.4. The van der Waals surface area contributed by atoms with Crippen LogP contribution in [0.4, 0.5) is 0 Å². The van der Waals surface area contributed by atoms with Gasteiger partial charge in [-0.1, -0.05) is 61.9 Å². The molecule has 0 bridgehead atoms. The quantitative estimate of drug-likeness (QED) is 0.597. The highest BCUT2D eigenvalue weighted by Gasteiger charge is 2.40. The Kier molecular flexibility index (Phi) is 7.51. The molecule has 0 aliphatic carbocycles. The second-order valence-corrected chi connectivity index (χ2v) is 12.1. The van der Waals surface area contributed by atoms with Crippen molar-refractivity contribution in [2.24, 2.45) is 5.41 Å². The average molecular weight is 511 g/mol. The number of hydrogen-bond acceptors (Lipinski definition) is 5. The number of nitrogens with one attached hydrogen (secondary N) is 2. The van der Waals surface area contributed by atoms with Crippen molar-refractivity contribution in [2.45, 2.75) is 57.1 Å². The molecule has 2 N–H and O–H groups in total. The van der Waals surface area contributed by atoms with Crippen molar-refractivity contribution in [3.8, 4) is 0 Å². The molecule has 36 heavy (non-hydrogen) atoms. The molecular weight excluding hydrogens is 476 g/mol. The van der Waals surface area contributed by atoms with Crippen LogP contribution in [0.5, 0.6) is 0 Å². The third-order valence-corrected chi connectivity index (χ3v) is 8.72. The third-order valence-electron chi connectivity index (χ3n) is 6.92. The monoisotopic (exact) mass is 510 g/mol. The first-order valence-corrected chi connectivity index (χ1v) is 13.6. The molecule has 2 atom stereocenters. The van der Waals surface area contributed by atoms with E-state index in [0.29, 0.717) is 0 Å². The first-order valence-electron chi connectivity index (χ1n) is 12.2. The van der Waals surface area contributed by atoms with Crippen LogP contribution < -0.4 is 10.6 Å². The highest BCUT2D eigenvalue weighted by molar-refractivity contribution is 7.89. The average Bonchev–Trinajstić information content (AvgIpc) is 2.83. The van der Waals surface area contributed by atoms with Gasteiger partial charge in [0.15, 0.2) is 0 Å². The number of likely N-dealkylation sites (tertiary alicyclic amines) is 1. The van der Waals surface area contributed by atoms with Gasteiger partial charge in [0.2, 0.25) is 11.8 Å². The summed E-state index contributed by atoms with van der Waals surface area (Å²) in [5.41, 5.74) is 1.99. The van der Waals surface area contributed by atoms with E-state index < -0.39 is 22.0 Å². The molecular formula is C27H34N4O4S. The highest BCUT2D eigenvalue weighted by atomic mass is 32.2. The SMILES string of the molecule is Cc1ccc(S(=O)(=O)N2C=CNC(=O)[C@H]2CC(=O)N[C@@H]2CCN(Cc3ccccc3)CC2(C)C)cc1. The highest BCUT2D eigenvalue weighted by Crippen LogP contribution is 2.31. The number of piperidine rings is 1. The first-order chi connectivity index (χ1) is 17.1. The van der Waals surface area contributed by atoms with Crippen LogP contribution in [-0.2, 0) is 26.2 Å². The number of benzene rings is 2. The second-order valence-electron chi connectivity index (χ2n) is 10.3. The number of sulfonamides is 1. The molecule has 0 radical (unpaired) electrons. The van der Waals surface area contributed by atoms with Gasteiger partial charge < -0.3 is 10.6 Å². The lowest BCUT2D eigenvalue weighted by atomic mass is 9.79. The standard InChI is InChI=1S/C27H34N4O4S/c1-20-9-11-22(12-10-20)36(34,35)31-16-14-28-26(33)23(31)17-25(32)29-24-13-15-30(19-27(24,2)3)18-21-7-5-4-6-8-21/h4-12,14,16,23-24H,13,15,17-19H2,1-3H3,(H,28,33)(H,29,32)/t23-,24-/m1/s1. The smallest absolute Gasteiger partial charge is 0.264 e. The van der Waals surface area contributed by atoms with Crippen molar-refractivity contribution in [3.05, 3.63) is 78.1 Å². The Balaban J connectivity index is 1.42. The van der Waals surface area contributed by atoms with Crippen molar-refractivity contribution >= 4 is 21.8 Å². The summed E-state index contributed by atoms with van der Waals surface area (Å²) in [5, 5.41) is 5.63. The molecule has 1 saturated heterocycles. The van der Waals surface area contributed by atoms with Crippen LogP contribution >= 0.6 is 0 Å². The van der Waals surface area contributed by atoms with Crippen molar-refractivity contribution < 1.29 is 18.0 Å². The molecule has 4 rings (SSSR count). The van der Waals surface area contributed by atoms with E-state index in [1.54, 1.807) is 12.1 Å². The Morgan fingerprint density at radius 1 is 1.11 bits per heavy atom. The number of carbonyl (C=O) groups is 2. The molecule has 2 amide bonds. The molecule has 0 spiro atoms. The lowest BCUT2D eigenvalue weighted by Gasteiger charge is -2.44. The number of rotatable bonds is 7. The lowest BCUT2D eigenvalue weighted by molar-refractivity contribution is -0.130.